The van der Waals surface area contributed by atoms with Crippen LogP contribution in [0, 0.1) is 0 Å². The second-order valence-corrected chi connectivity index (χ2v) is 7.21. The van der Waals surface area contributed by atoms with Gasteiger partial charge in [0.25, 0.3) is 5.91 Å². The van der Waals surface area contributed by atoms with Crippen LogP contribution in [0.3, 0.4) is 0 Å². The third kappa shape index (κ3) is 4.55. The molecule has 2 amide bonds. The number of carbonyl (C=O) groups excluding carboxylic acids is 2. The lowest BCUT2D eigenvalue weighted by atomic mass is 10.0. The first-order valence-electron chi connectivity index (χ1n) is 9.71. The quantitative estimate of drug-likeness (QED) is 0.825. The van der Waals surface area contributed by atoms with E-state index in [-0.39, 0.29) is 11.8 Å². The van der Waals surface area contributed by atoms with Gasteiger partial charge in [-0.05, 0) is 36.4 Å². The van der Waals surface area contributed by atoms with Gasteiger partial charge in [0.15, 0.2) is 5.79 Å². The van der Waals surface area contributed by atoms with Gasteiger partial charge >= 0.3 is 0 Å². The summed E-state index contributed by atoms with van der Waals surface area (Å²) in [6.07, 6.45) is 3.26. The summed E-state index contributed by atoms with van der Waals surface area (Å²) in [5.41, 5.74) is 2.61. The van der Waals surface area contributed by atoms with Gasteiger partial charge in [-0.1, -0.05) is 0 Å². The summed E-state index contributed by atoms with van der Waals surface area (Å²) in [6, 6.07) is 10.6. The number of hydrogen-bond acceptors (Lipinski definition) is 6. The van der Waals surface area contributed by atoms with Crippen molar-refractivity contribution >= 4 is 28.9 Å². The van der Waals surface area contributed by atoms with Crippen molar-refractivity contribution in [1.29, 1.82) is 0 Å². The molecule has 2 aliphatic rings. The Labute approximate surface area is 169 Å². The maximum Gasteiger partial charge on any atom is 0.274 e. The molecular formula is C21H24N4O4. The van der Waals surface area contributed by atoms with Crippen LogP contribution in [0.15, 0.2) is 42.6 Å². The van der Waals surface area contributed by atoms with E-state index in [0.29, 0.717) is 30.3 Å². The monoisotopic (exact) mass is 396 g/mol. The van der Waals surface area contributed by atoms with E-state index in [1.54, 1.807) is 36.5 Å². The molecule has 0 bridgehead atoms. The molecule has 1 spiro atoms. The zero-order valence-corrected chi connectivity index (χ0v) is 16.3. The molecule has 2 N–H and O–H groups in total. The summed E-state index contributed by atoms with van der Waals surface area (Å²) in [7, 11) is 0. The molecule has 8 heteroatoms. The second-order valence-electron chi connectivity index (χ2n) is 7.21. The van der Waals surface area contributed by atoms with E-state index in [4.69, 9.17) is 9.47 Å². The van der Waals surface area contributed by atoms with Crippen LogP contribution in [0.1, 0.15) is 30.3 Å². The largest absolute Gasteiger partial charge is 0.371 e. The number of anilines is 3. The molecule has 0 unspecified atom stereocenters. The summed E-state index contributed by atoms with van der Waals surface area (Å²) >= 11 is 0. The van der Waals surface area contributed by atoms with Gasteiger partial charge in [0, 0.05) is 56.1 Å². The Kier molecular flexibility index (Phi) is 5.46. The van der Waals surface area contributed by atoms with Crippen molar-refractivity contribution in [1.82, 2.24) is 4.98 Å². The SMILES string of the molecule is CC(=O)Nc1ccc(NC(=O)c2cc(N3CCC4(CC3)OCCO4)ccn2)cc1. The third-order valence-electron chi connectivity index (χ3n) is 5.14. The number of hydrogen-bond donors (Lipinski definition) is 2. The fraction of sp³-hybridized carbons (Fsp3) is 0.381. The number of nitrogens with one attached hydrogen (secondary N) is 2. The lowest BCUT2D eigenvalue weighted by molar-refractivity contribution is -0.169. The fourth-order valence-corrected chi connectivity index (χ4v) is 3.67. The smallest absolute Gasteiger partial charge is 0.274 e. The maximum atomic E-state index is 12.6. The highest BCUT2D eigenvalue weighted by Crippen LogP contribution is 2.33. The number of nitrogens with zero attached hydrogens (tertiary/aromatic N) is 2. The van der Waals surface area contributed by atoms with Gasteiger partial charge in [-0.3, -0.25) is 14.6 Å². The number of amides is 2. The highest BCUT2D eigenvalue weighted by Gasteiger charge is 2.39. The summed E-state index contributed by atoms with van der Waals surface area (Å²) in [5.74, 6) is -0.847. The average molecular weight is 396 g/mol. The van der Waals surface area contributed by atoms with Crippen LogP contribution in [0.4, 0.5) is 17.1 Å². The molecule has 2 aliphatic heterocycles. The summed E-state index contributed by atoms with van der Waals surface area (Å²) in [5, 5.41) is 5.53. The first kappa shape index (κ1) is 19.4. The third-order valence-corrected chi connectivity index (χ3v) is 5.14. The average Bonchev–Trinajstić information content (AvgIpc) is 3.18. The van der Waals surface area contributed by atoms with Gasteiger partial charge in [0.2, 0.25) is 5.91 Å². The zero-order chi connectivity index (χ0) is 20.3. The van der Waals surface area contributed by atoms with Gasteiger partial charge in [0.05, 0.1) is 13.2 Å². The maximum absolute atomic E-state index is 12.6. The van der Waals surface area contributed by atoms with Gasteiger partial charge in [-0.25, -0.2) is 0 Å². The Morgan fingerprint density at radius 1 is 1.00 bits per heavy atom. The predicted molar refractivity (Wildman–Crippen MR) is 109 cm³/mol. The molecule has 0 radical (unpaired) electrons. The Morgan fingerprint density at radius 3 is 2.24 bits per heavy atom. The van der Waals surface area contributed by atoms with E-state index in [1.165, 1.54) is 6.92 Å². The molecule has 4 rings (SSSR count). The Balaban J connectivity index is 1.39. The first-order chi connectivity index (χ1) is 14.0. The van der Waals surface area contributed by atoms with E-state index in [9.17, 15) is 9.59 Å². The fourth-order valence-electron chi connectivity index (χ4n) is 3.67. The molecule has 2 aromatic rings. The minimum Gasteiger partial charge on any atom is -0.371 e. The van der Waals surface area contributed by atoms with Crippen LogP contribution in [-0.4, -0.2) is 48.9 Å². The van der Waals surface area contributed by atoms with E-state index in [1.807, 2.05) is 6.07 Å². The first-order valence-corrected chi connectivity index (χ1v) is 9.71. The Morgan fingerprint density at radius 2 is 1.62 bits per heavy atom. The molecule has 29 heavy (non-hydrogen) atoms. The highest BCUT2D eigenvalue weighted by atomic mass is 16.7. The number of pyridine rings is 1. The summed E-state index contributed by atoms with van der Waals surface area (Å²) in [4.78, 5) is 30.1. The van der Waals surface area contributed by atoms with Crippen LogP contribution >= 0.6 is 0 Å². The second kappa shape index (κ2) is 8.18. The number of piperidine rings is 1. The highest BCUT2D eigenvalue weighted by molar-refractivity contribution is 6.03. The lowest BCUT2D eigenvalue weighted by Crippen LogP contribution is -2.45. The normalized spacial score (nSPS) is 17.9. The number of aromatic nitrogens is 1. The molecule has 0 aliphatic carbocycles. The van der Waals surface area contributed by atoms with Crippen molar-refractivity contribution < 1.29 is 19.1 Å². The predicted octanol–water partition coefficient (Wildman–Crippen LogP) is 2.64. The van der Waals surface area contributed by atoms with Crippen LogP contribution in [-0.2, 0) is 14.3 Å². The minimum absolute atomic E-state index is 0.141. The standard InChI is InChI=1S/C21H24N4O4/c1-15(26)23-16-2-4-17(5-3-16)24-20(27)19-14-18(6-9-22-19)25-10-7-21(8-11-25)28-12-13-29-21/h2-6,9,14H,7-8,10-13H2,1H3,(H,23,26)(H,24,27). The zero-order valence-electron chi connectivity index (χ0n) is 16.3. The van der Waals surface area contributed by atoms with Crippen molar-refractivity contribution in [3.8, 4) is 0 Å². The van der Waals surface area contributed by atoms with Gasteiger partial charge in [-0.15, -0.1) is 0 Å². The minimum atomic E-state index is -0.423. The van der Waals surface area contributed by atoms with Crippen LogP contribution in [0.5, 0.6) is 0 Å². The molecule has 8 nitrogen and oxygen atoms in total. The molecule has 2 saturated heterocycles. The molecule has 0 saturated carbocycles. The van der Waals surface area contributed by atoms with Crippen molar-refractivity contribution in [2.75, 3.05) is 41.8 Å². The molecule has 0 atom stereocenters. The summed E-state index contributed by atoms with van der Waals surface area (Å²) in [6.45, 7) is 4.37. The van der Waals surface area contributed by atoms with Crippen molar-refractivity contribution in [2.45, 2.75) is 25.6 Å². The van der Waals surface area contributed by atoms with E-state index in [0.717, 1.165) is 31.6 Å². The number of rotatable bonds is 4. The molecule has 152 valence electrons. The van der Waals surface area contributed by atoms with Crippen molar-refractivity contribution in [3.63, 3.8) is 0 Å². The molecular weight excluding hydrogens is 372 g/mol. The molecule has 3 heterocycles. The molecule has 2 fully saturated rings. The van der Waals surface area contributed by atoms with E-state index < -0.39 is 5.79 Å². The van der Waals surface area contributed by atoms with Crippen LogP contribution < -0.4 is 15.5 Å². The molecule has 1 aromatic carbocycles. The number of benzene rings is 1. The van der Waals surface area contributed by atoms with Crippen molar-refractivity contribution in [3.05, 3.63) is 48.3 Å². The van der Waals surface area contributed by atoms with E-state index >= 15 is 0 Å². The van der Waals surface area contributed by atoms with Gasteiger partial charge in [0.1, 0.15) is 5.69 Å². The summed E-state index contributed by atoms with van der Waals surface area (Å²) < 4.78 is 11.5. The topological polar surface area (TPSA) is 92.8 Å². The molecule has 1 aromatic heterocycles. The van der Waals surface area contributed by atoms with Crippen LogP contribution in [0.25, 0.3) is 0 Å². The Bertz CT molecular complexity index is 884. The van der Waals surface area contributed by atoms with Crippen molar-refractivity contribution in [2.24, 2.45) is 0 Å². The number of carbonyl (C=O) groups is 2. The lowest BCUT2D eigenvalue weighted by Gasteiger charge is -2.38. The van der Waals surface area contributed by atoms with Gasteiger partial charge < -0.3 is 25.0 Å². The van der Waals surface area contributed by atoms with E-state index in [2.05, 4.69) is 20.5 Å². The van der Waals surface area contributed by atoms with Gasteiger partial charge in [-0.2, -0.15) is 0 Å². The Hall–Kier alpha value is -2.97. The number of ether oxygens (including phenoxy) is 2. The van der Waals surface area contributed by atoms with Crippen LogP contribution in [0.2, 0.25) is 0 Å².